The van der Waals surface area contributed by atoms with E-state index in [9.17, 15) is 9.18 Å². The van der Waals surface area contributed by atoms with Crippen LogP contribution in [0.15, 0.2) is 36.7 Å². The minimum absolute atomic E-state index is 0.192. The number of carbonyl (C=O) groups excluding carboxylic acids is 1. The topological polar surface area (TPSA) is 72.9 Å². The lowest BCUT2D eigenvalue weighted by atomic mass is 10.1. The summed E-state index contributed by atoms with van der Waals surface area (Å²) in [7, 11) is 1.83. The molecule has 3 N–H and O–H groups in total. The second-order valence-electron chi connectivity index (χ2n) is 5.13. The van der Waals surface area contributed by atoms with Gasteiger partial charge < -0.3 is 15.6 Å². The highest BCUT2D eigenvalue weighted by atomic mass is 19.1. The van der Waals surface area contributed by atoms with Gasteiger partial charge >= 0.3 is 0 Å². The number of hydrogen-bond acceptors (Lipinski definition) is 3. The van der Waals surface area contributed by atoms with Crippen molar-refractivity contribution >= 4 is 5.91 Å². The van der Waals surface area contributed by atoms with E-state index in [1.54, 1.807) is 36.0 Å². The zero-order chi connectivity index (χ0) is 15.4. The van der Waals surface area contributed by atoms with Crippen LogP contribution < -0.4 is 11.1 Å². The average Bonchev–Trinajstić information content (AvgIpc) is 2.81. The minimum Gasteiger partial charge on any atom is -0.342 e. The Bertz CT molecular complexity index is 624. The Morgan fingerprint density at radius 1 is 1.52 bits per heavy atom. The van der Waals surface area contributed by atoms with Gasteiger partial charge in [-0.2, -0.15) is 0 Å². The number of hydrogen-bond donors (Lipinski definition) is 2. The number of benzene rings is 1. The zero-order valence-corrected chi connectivity index (χ0v) is 12.1. The molecule has 1 aromatic carbocycles. The molecule has 0 saturated carbocycles. The van der Waals surface area contributed by atoms with Gasteiger partial charge in [0.05, 0.1) is 0 Å². The number of aromatic nitrogens is 2. The van der Waals surface area contributed by atoms with Crippen LogP contribution in [0.5, 0.6) is 0 Å². The number of halogens is 1. The molecule has 0 radical (unpaired) electrons. The summed E-state index contributed by atoms with van der Waals surface area (Å²) < 4.78 is 15.3. The Morgan fingerprint density at radius 3 is 2.86 bits per heavy atom. The molecular weight excluding hydrogens is 271 g/mol. The van der Waals surface area contributed by atoms with Gasteiger partial charge in [0.1, 0.15) is 17.7 Å². The van der Waals surface area contributed by atoms with E-state index in [2.05, 4.69) is 10.3 Å². The molecule has 1 heterocycles. The normalized spacial score (nSPS) is 13.7. The first-order valence-electron chi connectivity index (χ1n) is 6.75. The number of amides is 1. The summed E-state index contributed by atoms with van der Waals surface area (Å²) in [5, 5.41) is 2.87. The van der Waals surface area contributed by atoms with Crippen LogP contribution in [0.4, 0.5) is 4.39 Å². The second-order valence-corrected chi connectivity index (χ2v) is 5.13. The number of nitrogens with one attached hydrogen (secondary N) is 1. The lowest BCUT2D eigenvalue weighted by Gasteiger charge is -2.20. The van der Waals surface area contributed by atoms with Gasteiger partial charge in [0.2, 0.25) is 5.91 Å². The number of rotatable bonds is 5. The van der Waals surface area contributed by atoms with Crippen molar-refractivity contribution in [2.45, 2.75) is 25.4 Å². The van der Waals surface area contributed by atoms with E-state index in [1.807, 2.05) is 7.05 Å². The van der Waals surface area contributed by atoms with Crippen molar-refractivity contribution in [2.75, 3.05) is 0 Å². The van der Waals surface area contributed by atoms with Crippen LogP contribution in [-0.4, -0.2) is 21.5 Å². The zero-order valence-electron chi connectivity index (χ0n) is 12.1. The molecule has 0 aliphatic heterocycles. The highest BCUT2D eigenvalue weighted by Gasteiger charge is 2.21. The fourth-order valence-corrected chi connectivity index (χ4v) is 2.15. The van der Waals surface area contributed by atoms with Crippen molar-refractivity contribution in [3.63, 3.8) is 0 Å². The van der Waals surface area contributed by atoms with E-state index in [1.165, 1.54) is 12.1 Å². The molecular formula is C15H19FN4O. The van der Waals surface area contributed by atoms with Crippen LogP contribution in [0.25, 0.3) is 0 Å². The SMILES string of the molecule is CC(N)CC(=O)NC(c1cccc(F)c1)c1nccn1C. The molecule has 5 nitrogen and oxygen atoms in total. The maximum absolute atomic E-state index is 13.5. The summed E-state index contributed by atoms with van der Waals surface area (Å²) in [4.78, 5) is 16.3. The first kappa shape index (κ1) is 15.2. The Hall–Kier alpha value is -2.21. The van der Waals surface area contributed by atoms with Crippen molar-refractivity contribution in [1.82, 2.24) is 14.9 Å². The molecule has 0 aliphatic carbocycles. The molecule has 112 valence electrons. The quantitative estimate of drug-likeness (QED) is 0.876. The van der Waals surface area contributed by atoms with Crippen LogP contribution in [0, 0.1) is 5.82 Å². The Labute approximate surface area is 123 Å². The van der Waals surface area contributed by atoms with Crippen LogP contribution >= 0.6 is 0 Å². The second kappa shape index (κ2) is 6.49. The lowest BCUT2D eigenvalue weighted by molar-refractivity contribution is -0.121. The summed E-state index contributed by atoms with van der Waals surface area (Å²) in [5.74, 6) is 0.0917. The van der Waals surface area contributed by atoms with E-state index in [-0.39, 0.29) is 24.2 Å². The standard InChI is InChI=1S/C15H19FN4O/c1-10(17)8-13(21)19-14(15-18-6-7-20(15)2)11-4-3-5-12(16)9-11/h3-7,9-10,14H,8,17H2,1-2H3,(H,19,21). The molecule has 0 aliphatic rings. The highest BCUT2D eigenvalue weighted by molar-refractivity contribution is 5.77. The van der Waals surface area contributed by atoms with E-state index in [0.29, 0.717) is 11.4 Å². The van der Waals surface area contributed by atoms with E-state index in [0.717, 1.165) is 0 Å². The predicted molar refractivity (Wildman–Crippen MR) is 77.9 cm³/mol. The Morgan fingerprint density at radius 2 is 2.29 bits per heavy atom. The summed E-state index contributed by atoms with van der Waals surface area (Å²) in [6.45, 7) is 1.76. The predicted octanol–water partition coefficient (Wildman–Crippen LogP) is 1.50. The molecule has 21 heavy (non-hydrogen) atoms. The van der Waals surface area contributed by atoms with Crippen molar-refractivity contribution in [3.8, 4) is 0 Å². The molecule has 6 heteroatoms. The van der Waals surface area contributed by atoms with Crippen LogP contribution in [0.3, 0.4) is 0 Å². The number of imidazole rings is 1. The molecule has 0 fully saturated rings. The minimum atomic E-state index is -0.507. The molecule has 1 aromatic heterocycles. The number of nitrogens with two attached hydrogens (primary N) is 1. The fraction of sp³-hybridized carbons (Fsp3) is 0.333. The van der Waals surface area contributed by atoms with Crippen molar-refractivity contribution in [1.29, 1.82) is 0 Å². The van der Waals surface area contributed by atoms with Gasteiger partial charge in [0.15, 0.2) is 0 Å². The number of aryl methyl sites for hydroxylation is 1. The van der Waals surface area contributed by atoms with Gasteiger partial charge in [0.25, 0.3) is 0 Å². The van der Waals surface area contributed by atoms with Crippen LogP contribution in [0.1, 0.15) is 30.8 Å². The first-order chi connectivity index (χ1) is 9.97. The molecule has 2 atom stereocenters. The van der Waals surface area contributed by atoms with Crippen molar-refractivity contribution < 1.29 is 9.18 Å². The third kappa shape index (κ3) is 3.88. The van der Waals surface area contributed by atoms with Gasteiger partial charge in [0, 0.05) is 31.9 Å². The van der Waals surface area contributed by atoms with Gasteiger partial charge in [-0.05, 0) is 24.6 Å². The monoisotopic (exact) mass is 290 g/mol. The maximum atomic E-state index is 13.5. The molecule has 2 unspecified atom stereocenters. The summed E-state index contributed by atoms with van der Waals surface area (Å²) in [5.41, 5.74) is 6.28. The third-order valence-electron chi connectivity index (χ3n) is 3.11. The lowest BCUT2D eigenvalue weighted by Crippen LogP contribution is -2.34. The number of carbonyl (C=O) groups is 1. The Balaban J connectivity index is 2.31. The maximum Gasteiger partial charge on any atom is 0.222 e. The molecule has 1 amide bonds. The molecule has 0 bridgehead atoms. The summed E-state index contributed by atoms with van der Waals surface area (Å²) in [6, 6.07) is 5.38. The van der Waals surface area contributed by atoms with Crippen molar-refractivity contribution in [3.05, 3.63) is 53.9 Å². The Kier molecular flexibility index (Phi) is 4.70. The smallest absolute Gasteiger partial charge is 0.222 e. The first-order valence-corrected chi connectivity index (χ1v) is 6.75. The third-order valence-corrected chi connectivity index (χ3v) is 3.11. The fourth-order valence-electron chi connectivity index (χ4n) is 2.15. The molecule has 2 rings (SSSR count). The van der Waals surface area contributed by atoms with E-state index < -0.39 is 6.04 Å². The van der Waals surface area contributed by atoms with Gasteiger partial charge in [-0.25, -0.2) is 9.37 Å². The molecule has 0 saturated heterocycles. The summed E-state index contributed by atoms with van der Waals surface area (Å²) in [6.07, 6.45) is 3.62. The number of nitrogens with zero attached hydrogens (tertiary/aromatic N) is 2. The van der Waals surface area contributed by atoms with E-state index in [4.69, 9.17) is 5.73 Å². The summed E-state index contributed by atoms with van der Waals surface area (Å²) >= 11 is 0. The van der Waals surface area contributed by atoms with Gasteiger partial charge in [-0.3, -0.25) is 4.79 Å². The molecule has 0 spiro atoms. The van der Waals surface area contributed by atoms with Gasteiger partial charge in [-0.1, -0.05) is 12.1 Å². The van der Waals surface area contributed by atoms with Crippen molar-refractivity contribution in [2.24, 2.45) is 12.8 Å². The van der Waals surface area contributed by atoms with Crippen LogP contribution in [-0.2, 0) is 11.8 Å². The molecule has 2 aromatic rings. The average molecular weight is 290 g/mol. The highest BCUT2D eigenvalue weighted by Crippen LogP contribution is 2.21. The largest absolute Gasteiger partial charge is 0.342 e. The van der Waals surface area contributed by atoms with Gasteiger partial charge in [-0.15, -0.1) is 0 Å². The van der Waals surface area contributed by atoms with E-state index >= 15 is 0 Å². The van der Waals surface area contributed by atoms with Crippen LogP contribution in [0.2, 0.25) is 0 Å².